The van der Waals surface area contributed by atoms with E-state index in [2.05, 4.69) is 26.8 Å². The Kier molecular flexibility index (Phi) is 6.48. The maximum atomic E-state index is 12.6. The molecule has 0 radical (unpaired) electrons. The first kappa shape index (κ1) is 23.0. The first-order chi connectivity index (χ1) is 15.3. The Bertz CT molecular complexity index is 880. The van der Waals surface area contributed by atoms with Crippen LogP contribution in [0.15, 0.2) is 42.0 Å². The number of benzene rings is 1. The highest BCUT2D eigenvalue weighted by Gasteiger charge is 2.72. The molecular formula is C26H34O6. The van der Waals surface area contributed by atoms with Gasteiger partial charge in [0, 0.05) is 13.2 Å². The number of hydrogen-bond acceptors (Lipinski definition) is 6. The number of esters is 1. The summed E-state index contributed by atoms with van der Waals surface area (Å²) in [5.41, 5.74) is 1.62. The quantitative estimate of drug-likeness (QED) is 0.258. The van der Waals surface area contributed by atoms with Crippen LogP contribution in [0.5, 0.6) is 5.75 Å². The molecule has 1 aromatic rings. The zero-order valence-electron chi connectivity index (χ0n) is 19.6. The van der Waals surface area contributed by atoms with Gasteiger partial charge in [-0.3, -0.25) is 0 Å². The molecule has 0 aromatic heterocycles. The van der Waals surface area contributed by atoms with Crippen molar-refractivity contribution in [3.63, 3.8) is 0 Å². The lowest BCUT2D eigenvalue weighted by molar-refractivity contribution is -0.166. The summed E-state index contributed by atoms with van der Waals surface area (Å²) in [5, 5.41) is 0. The average Bonchev–Trinajstić information content (AvgIpc) is 3.69. The maximum Gasteiger partial charge on any atom is 0.331 e. The van der Waals surface area contributed by atoms with Crippen LogP contribution in [0.4, 0.5) is 0 Å². The van der Waals surface area contributed by atoms with Gasteiger partial charge in [0.1, 0.15) is 29.2 Å². The standard InChI is InChI=1S/C26H34O6/c1-17(2)6-12-21-25(3,32-21)24-23(29-5)20(14-15-26(24)16-30-26)31-22(27)13-9-18-7-10-19(28-4)11-8-18/h6-11,13,20-21,23-24H,12,14-16H2,1-5H3/b13-9+/t20-,21-,23-,24-,25+,26+/m1/s1. The number of epoxide rings is 2. The van der Waals surface area contributed by atoms with E-state index in [9.17, 15) is 4.79 Å². The Morgan fingerprint density at radius 3 is 2.53 bits per heavy atom. The molecule has 0 amide bonds. The number of rotatable bonds is 8. The third-order valence-corrected chi connectivity index (χ3v) is 7.03. The van der Waals surface area contributed by atoms with Crippen LogP contribution in [0.2, 0.25) is 0 Å². The van der Waals surface area contributed by atoms with Crippen LogP contribution < -0.4 is 4.74 Å². The van der Waals surface area contributed by atoms with Crippen molar-refractivity contribution in [1.29, 1.82) is 0 Å². The topological polar surface area (TPSA) is 69.8 Å². The molecule has 2 aliphatic heterocycles. The first-order valence-corrected chi connectivity index (χ1v) is 11.3. The Labute approximate surface area is 190 Å². The molecule has 1 saturated carbocycles. The summed E-state index contributed by atoms with van der Waals surface area (Å²) in [6, 6.07) is 7.50. The van der Waals surface area contributed by atoms with Crippen molar-refractivity contribution in [1.82, 2.24) is 0 Å². The van der Waals surface area contributed by atoms with E-state index >= 15 is 0 Å². The smallest absolute Gasteiger partial charge is 0.331 e. The molecule has 6 nitrogen and oxygen atoms in total. The molecule has 6 atom stereocenters. The van der Waals surface area contributed by atoms with E-state index in [1.165, 1.54) is 11.6 Å². The van der Waals surface area contributed by atoms with Gasteiger partial charge in [-0.05, 0) is 63.8 Å². The van der Waals surface area contributed by atoms with Crippen molar-refractivity contribution in [3.8, 4) is 5.75 Å². The van der Waals surface area contributed by atoms with Gasteiger partial charge in [-0.2, -0.15) is 0 Å². The molecule has 32 heavy (non-hydrogen) atoms. The normalized spacial score (nSPS) is 35.5. The molecule has 174 valence electrons. The molecule has 4 rings (SSSR count). The van der Waals surface area contributed by atoms with E-state index in [4.69, 9.17) is 23.7 Å². The fourth-order valence-corrected chi connectivity index (χ4v) is 5.14. The van der Waals surface area contributed by atoms with Crippen LogP contribution >= 0.6 is 0 Å². The molecule has 2 heterocycles. The van der Waals surface area contributed by atoms with E-state index in [0.29, 0.717) is 13.0 Å². The van der Waals surface area contributed by atoms with Crippen LogP contribution in [0, 0.1) is 5.92 Å². The minimum absolute atomic E-state index is 0.0210. The van der Waals surface area contributed by atoms with Crippen LogP contribution in [0.3, 0.4) is 0 Å². The first-order valence-electron chi connectivity index (χ1n) is 11.3. The monoisotopic (exact) mass is 442 g/mol. The molecule has 1 spiro atoms. The highest BCUT2D eigenvalue weighted by atomic mass is 16.6. The van der Waals surface area contributed by atoms with Gasteiger partial charge >= 0.3 is 5.97 Å². The lowest BCUT2D eigenvalue weighted by Crippen LogP contribution is -2.55. The number of carbonyl (C=O) groups excluding carboxylic acids is 1. The van der Waals surface area contributed by atoms with Gasteiger partial charge in [0.2, 0.25) is 0 Å². The van der Waals surface area contributed by atoms with E-state index in [1.807, 2.05) is 24.3 Å². The minimum atomic E-state index is -0.373. The molecular weight excluding hydrogens is 408 g/mol. The van der Waals surface area contributed by atoms with Crippen LogP contribution in [0.1, 0.15) is 45.6 Å². The van der Waals surface area contributed by atoms with E-state index in [-0.39, 0.29) is 41.4 Å². The molecule has 0 unspecified atom stereocenters. The van der Waals surface area contributed by atoms with Crippen molar-refractivity contribution < 1.29 is 28.5 Å². The van der Waals surface area contributed by atoms with Crippen molar-refractivity contribution >= 4 is 12.0 Å². The predicted octanol–water partition coefficient (Wildman–Crippen LogP) is 4.33. The van der Waals surface area contributed by atoms with Gasteiger partial charge in [0.05, 0.1) is 25.7 Å². The number of allylic oxidation sites excluding steroid dienone is 1. The van der Waals surface area contributed by atoms with E-state index in [1.54, 1.807) is 20.3 Å². The Balaban J connectivity index is 1.43. The summed E-state index contributed by atoms with van der Waals surface area (Å²) >= 11 is 0. The average molecular weight is 443 g/mol. The number of hydrogen-bond donors (Lipinski definition) is 0. The second-order valence-corrected chi connectivity index (χ2v) is 9.46. The third-order valence-electron chi connectivity index (χ3n) is 7.03. The molecule has 0 bridgehead atoms. The molecule has 6 heteroatoms. The Morgan fingerprint density at radius 1 is 1.22 bits per heavy atom. The number of methoxy groups -OCH3 is 2. The van der Waals surface area contributed by atoms with E-state index in [0.717, 1.165) is 24.2 Å². The summed E-state index contributed by atoms with van der Waals surface area (Å²) in [5.74, 6) is 0.422. The van der Waals surface area contributed by atoms with Gasteiger partial charge in [-0.25, -0.2) is 4.79 Å². The summed E-state index contributed by atoms with van der Waals surface area (Å²) in [6.07, 6.45) is 7.37. The van der Waals surface area contributed by atoms with Crippen LogP contribution in [-0.4, -0.2) is 56.3 Å². The molecule has 2 saturated heterocycles. The summed E-state index contributed by atoms with van der Waals surface area (Å²) in [7, 11) is 3.31. The number of carbonyl (C=O) groups is 1. The fraction of sp³-hybridized carbons (Fsp3) is 0.577. The van der Waals surface area contributed by atoms with Crippen LogP contribution in [0.25, 0.3) is 6.08 Å². The van der Waals surface area contributed by atoms with Crippen molar-refractivity contribution in [2.24, 2.45) is 5.92 Å². The van der Waals surface area contributed by atoms with Gasteiger partial charge < -0.3 is 23.7 Å². The molecule has 3 fully saturated rings. The van der Waals surface area contributed by atoms with Gasteiger partial charge in [-0.1, -0.05) is 23.8 Å². The molecule has 1 aliphatic carbocycles. The molecule has 3 aliphatic rings. The second kappa shape index (κ2) is 9.00. The second-order valence-electron chi connectivity index (χ2n) is 9.46. The molecule has 0 N–H and O–H groups in total. The fourth-order valence-electron chi connectivity index (χ4n) is 5.14. The largest absolute Gasteiger partial charge is 0.497 e. The van der Waals surface area contributed by atoms with Crippen molar-refractivity contribution in [2.75, 3.05) is 20.8 Å². The summed E-state index contributed by atoms with van der Waals surface area (Å²) in [4.78, 5) is 12.6. The third kappa shape index (κ3) is 4.63. The van der Waals surface area contributed by atoms with Crippen molar-refractivity contribution in [3.05, 3.63) is 47.6 Å². The Hall–Kier alpha value is -2.15. The summed E-state index contributed by atoms with van der Waals surface area (Å²) < 4.78 is 29.1. The lowest BCUT2D eigenvalue weighted by Gasteiger charge is -2.42. The van der Waals surface area contributed by atoms with Crippen LogP contribution in [-0.2, 0) is 23.7 Å². The lowest BCUT2D eigenvalue weighted by atomic mass is 9.68. The zero-order chi connectivity index (χ0) is 22.9. The predicted molar refractivity (Wildman–Crippen MR) is 121 cm³/mol. The molecule has 1 aromatic carbocycles. The van der Waals surface area contributed by atoms with E-state index < -0.39 is 0 Å². The highest BCUT2D eigenvalue weighted by molar-refractivity contribution is 5.87. The van der Waals surface area contributed by atoms with Gasteiger partial charge in [-0.15, -0.1) is 0 Å². The minimum Gasteiger partial charge on any atom is -0.497 e. The zero-order valence-corrected chi connectivity index (χ0v) is 19.6. The summed E-state index contributed by atoms with van der Waals surface area (Å²) in [6.45, 7) is 7.05. The van der Waals surface area contributed by atoms with Crippen molar-refractivity contribution in [2.45, 2.75) is 69.5 Å². The number of ether oxygens (including phenoxy) is 5. The van der Waals surface area contributed by atoms with Gasteiger partial charge in [0.25, 0.3) is 0 Å². The highest BCUT2D eigenvalue weighted by Crippen LogP contribution is 2.59. The maximum absolute atomic E-state index is 12.6. The Morgan fingerprint density at radius 2 is 1.94 bits per heavy atom. The van der Waals surface area contributed by atoms with Gasteiger partial charge in [0.15, 0.2) is 0 Å². The SMILES string of the molecule is COc1ccc(/C=C/C(=O)O[C@@H]2CC[C@]3(CO3)[C@@H]([C@@]3(C)O[C@@H]3CC=C(C)C)[C@@H]2OC)cc1.